The Bertz CT molecular complexity index is 800. The van der Waals surface area contributed by atoms with Crippen LogP contribution in [0.4, 0.5) is 4.79 Å². The number of aromatic nitrogens is 2. The summed E-state index contributed by atoms with van der Waals surface area (Å²) in [4.78, 5) is 39.7. The molecular formula is C16H18N2O5. The van der Waals surface area contributed by atoms with Crippen molar-refractivity contribution in [2.75, 3.05) is 0 Å². The number of nitrogens with one attached hydrogen (secondary N) is 2. The first-order chi connectivity index (χ1) is 10.7. The second kappa shape index (κ2) is 6.51. The normalized spacial score (nSPS) is 11.1. The van der Waals surface area contributed by atoms with Crippen LogP contribution in [-0.4, -0.2) is 21.7 Å². The zero-order valence-electron chi connectivity index (χ0n) is 13.1. The molecule has 0 aliphatic rings. The van der Waals surface area contributed by atoms with E-state index in [0.29, 0.717) is 0 Å². The quantitative estimate of drug-likeness (QED) is 0.843. The molecule has 0 radical (unpaired) electrons. The number of carbonyl (C=O) groups is 1. The number of rotatable bonds is 3. The maximum absolute atomic E-state index is 12.0. The van der Waals surface area contributed by atoms with Gasteiger partial charge in [-0.2, -0.15) is 0 Å². The first kappa shape index (κ1) is 16.5. The molecule has 1 heterocycles. The lowest BCUT2D eigenvalue weighted by atomic mass is 10.1. The lowest BCUT2D eigenvalue weighted by Crippen LogP contribution is -2.30. The second-order valence-electron chi connectivity index (χ2n) is 5.94. The van der Waals surface area contributed by atoms with Gasteiger partial charge in [-0.1, -0.05) is 30.3 Å². The Balaban J connectivity index is 2.33. The first-order valence-electron chi connectivity index (χ1n) is 7.05. The zero-order chi connectivity index (χ0) is 17.0. The van der Waals surface area contributed by atoms with Gasteiger partial charge in [0.25, 0.3) is 5.56 Å². The number of carbonyl (C=O) groups excluding carboxylic acids is 1. The van der Waals surface area contributed by atoms with E-state index in [0.717, 1.165) is 5.56 Å². The van der Waals surface area contributed by atoms with Crippen molar-refractivity contribution in [3.05, 3.63) is 62.3 Å². The molecule has 0 bridgehead atoms. The summed E-state index contributed by atoms with van der Waals surface area (Å²) in [7, 11) is 0. The van der Waals surface area contributed by atoms with Crippen molar-refractivity contribution in [3.8, 4) is 5.88 Å². The molecule has 0 fully saturated rings. The Morgan fingerprint density at radius 3 is 2.35 bits per heavy atom. The van der Waals surface area contributed by atoms with Crippen molar-refractivity contribution in [2.24, 2.45) is 0 Å². The molecule has 0 saturated carbocycles. The highest BCUT2D eigenvalue weighted by atomic mass is 16.7. The summed E-state index contributed by atoms with van der Waals surface area (Å²) < 4.78 is 10.0. The number of ether oxygens (including phenoxy) is 2. The first-order valence-corrected chi connectivity index (χ1v) is 7.05. The van der Waals surface area contributed by atoms with Gasteiger partial charge in [0.15, 0.2) is 0 Å². The number of aromatic amines is 2. The summed E-state index contributed by atoms with van der Waals surface area (Å²) >= 11 is 0. The molecule has 0 unspecified atom stereocenters. The van der Waals surface area contributed by atoms with E-state index in [9.17, 15) is 14.4 Å². The van der Waals surface area contributed by atoms with Gasteiger partial charge >= 0.3 is 11.8 Å². The lowest BCUT2D eigenvalue weighted by Gasteiger charge is -2.19. The summed E-state index contributed by atoms with van der Waals surface area (Å²) in [5, 5.41) is 0. The molecule has 0 spiro atoms. The van der Waals surface area contributed by atoms with E-state index >= 15 is 0 Å². The molecule has 0 amide bonds. The monoisotopic (exact) mass is 318 g/mol. The van der Waals surface area contributed by atoms with Crippen LogP contribution in [0.2, 0.25) is 0 Å². The van der Waals surface area contributed by atoms with Crippen LogP contribution in [0, 0.1) is 0 Å². The van der Waals surface area contributed by atoms with Crippen molar-refractivity contribution >= 4 is 6.16 Å². The maximum atomic E-state index is 12.0. The van der Waals surface area contributed by atoms with Crippen molar-refractivity contribution < 1.29 is 14.3 Å². The van der Waals surface area contributed by atoms with Crippen LogP contribution in [0.15, 0.2) is 39.9 Å². The van der Waals surface area contributed by atoms with Crippen molar-refractivity contribution in [2.45, 2.75) is 32.8 Å². The molecular weight excluding hydrogens is 300 g/mol. The van der Waals surface area contributed by atoms with Gasteiger partial charge in [-0.05, 0) is 26.3 Å². The van der Waals surface area contributed by atoms with Crippen LogP contribution in [-0.2, 0) is 11.2 Å². The third kappa shape index (κ3) is 4.84. The van der Waals surface area contributed by atoms with Gasteiger partial charge in [0.1, 0.15) is 5.60 Å². The number of H-pyrrole nitrogens is 2. The zero-order valence-corrected chi connectivity index (χ0v) is 13.1. The van der Waals surface area contributed by atoms with E-state index in [1.165, 1.54) is 0 Å². The third-order valence-corrected chi connectivity index (χ3v) is 2.80. The number of benzene rings is 1. The number of hydrogen-bond donors (Lipinski definition) is 2. The van der Waals surface area contributed by atoms with E-state index in [-0.39, 0.29) is 17.9 Å². The minimum atomic E-state index is -0.993. The molecule has 0 aliphatic heterocycles. The third-order valence-electron chi connectivity index (χ3n) is 2.80. The van der Waals surface area contributed by atoms with Crippen LogP contribution in [0.25, 0.3) is 0 Å². The fraction of sp³-hybridized carbons (Fsp3) is 0.312. The van der Waals surface area contributed by atoms with E-state index in [4.69, 9.17) is 9.47 Å². The molecule has 7 nitrogen and oxygen atoms in total. The lowest BCUT2D eigenvalue weighted by molar-refractivity contribution is 0.0194. The Hall–Kier alpha value is -2.83. The Morgan fingerprint density at radius 2 is 1.74 bits per heavy atom. The molecule has 7 heteroatoms. The second-order valence-corrected chi connectivity index (χ2v) is 5.94. The van der Waals surface area contributed by atoms with E-state index in [1.54, 1.807) is 20.8 Å². The highest BCUT2D eigenvalue weighted by Gasteiger charge is 2.21. The smallest absolute Gasteiger partial charge is 0.428 e. The fourth-order valence-corrected chi connectivity index (χ4v) is 1.89. The van der Waals surface area contributed by atoms with E-state index in [2.05, 4.69) is 9.97 Å². The molecule has 23 heavy (non-hydrogen) atoms. The van der Waals surface area contributed by atoms with Crippen molar-refractivity contribution in [3.63, 3.8) is 0 Å². The molecule has 2 N–H and O–H groups in total. The molecule has 122 valence electrons. The minimum absolute atomic E-state index is 0.140. The van der Waals surface area contributed by atoms with Crippen LogP contribution in [0.5, 0.6) is 5.88 Å². The SMILES string of the molecule is CC(C)(C)OC(=O)Oc1[nH]c(=O)[nH]c(=O)c1Cc1ccccc1. The van der Waals surface area contributed by atoms with Crippen molar-refractivity contribution in [1.29, 1.82) is 0 Å². The Labute approximate surface area is 132 Å². The fourth-order valence-electron chi connectivity index (χ4n) is 1.89. The largest absolute Gasteiger partial charge is 0.515 e. The standard InChI is InChI=1S/C16H18N2O5/c1-16(2,3)23-15(21)22-13-11(12(19)17-14(20)18-13)9-10-7-5-4-6-8-10/h4-8H,9H2,1-3H3,(H2,17,18,19,20). The van der Waals surface area contributed by atoms with Crippen LogP contribution in [0.3, 0.4) is 0 Å². The van der Waals surface area contributed by atoms with Crippen LogP contribution >= 0.6 is 0 Å². The maximum Gasteiger partial charge on any atom is 0.515 e. The Morgan fingerprint density at radius 1 is 1.09 bits per heavy atom. The van der Waals surface area contributed by atoms with Crippen LogP contribution in [0.1, 0.15) is 31.9 Å². The van der Waals surface area contributed by atoms with Gasteiger partial charge in [-0.15, -0.1) is 0 Å². The average Bonchev–Trinajstić information content (AvgIpc) is 2.41. The predicted molar refractivity (Wildman–Crippen MR) is 83.8 cm³/mol. The predicted octanol–water partition coefficient (Wildman–Crippen LogP) is 1.97. The Kier molecular flexibility index (Phi) is 4.68. The summed E-state index contributed by atoms with van der Waals surface area (Å²) in [6.07, 6.45) is -0.793. The van der Waals surface area contributed by atoms with Gasteiger partial charge in [-0.25, -0.2) is 9.59 Å². The summed E-state index contributed by atoms with van der Waals surface area (Å²) in [5.74, 6) is -0.211. The molecule has 2 aromatic rings. The summed E-state index contributed by atoms with van der Waals surface area (Å²) in [6.45, 7) is 5.04. The highest BCUT2D eigenvalue weighted by molar-refractivity contribution is 5.64. The van der Waals surface area contributed by atoms with Gasteiger partial charge < -0.3 is 9.47 Å². The van der Waals surface area contributed by atoms with E-state index in [1.807, 2.05) is 30.3 Å². The molecule has 0 aliphatic carbocycles. The van der Waals surface area contributed by atoms with Gasteiger partial charge in [0.05, 0.1) is 5.56 Å². The molecule has 2 rings (SSSR count). The molecule has 1 aromatic heterocycles. The van der Waals surface area contributed by atoms with Crippen LogP contribution < -0.4 is 16.0 Å². The minimum Gasteiger partial charge on any atom is -0.428 e. The topological polar surface area (TPSA) is 101 Å². The molecule has 1 aromatic carbocycles. The highest BCUT2D eigenvalue weighted by Crippen LogP contribution is 2.16. The molecule has 0 saturated heterocycles. The van der Waals surface area contributed by atoms with E-state index < -0.39 is 23.0 Å². The van der Waals surface area contributed by atoms with Gasteiger partial charge in [0, 0.05) is 6.42 Å². The average molecular weight is 318 g/mol. The summed E-state index contributed by atoms with van der Waals surface area (Å²) in [5.41, 5.74) is -1.15. The van der Waals surface area contributed by atoms with Gasteiger partial charge in [-0.3, -0.25) is 14.8 Å². The van der Waals surface area contributed by atoms with Crippen molar-refractivity contribution in [1.82, 2.24) is 9.97 Å². The number of hydrogen-bond acceptors (Lipinski definition) is 5. The summed E-state index contributed by atoms with van der Waals surface area (Å²) in [6, 6.07) is 9.13. The van der Waals surface area contributed by atoms with Gasteiger partial charge in [0.2, 0.25) is 5.88 Å². The molecule has 0 atom stereocenters.